The number of aromatic nitrogens is 1. The minimum Gasteiger partial charge on any atom is -0.348 e. The van der Waals surface area contributed by atoms with E-state index in [0.717, 1.165) is 40.2 Å². The molecule has 1 unspecified atom stereocenters. The van der Waals surface area contributed by atoms with Gasteiger partial charge in [-0.2, -0.15) is 4.37 Å². The van der Waals surface area contributed by atoms with Crippen molar-refractivity contribution in [1.82, 2.24) is 14.6 Å². The maximum Gasteiger partial charge on any atom is 0.251 e. The molecule has 1 aromatic carbocycles. The zero-order valence-corrected chi connectivity index (χ0v) is 12.9. The van der Waals surface area contributed by atoms with Gasteiger partial charge in [-0.25, -0.2) is 0 Å². The standard InChI is InChI=1S/C16H19N3OS/c1-10-14-3-2-12(7-15(14)21-18-10)16(20)17-13-6-11-4-5-19(8-11)9-13/h2-3,7,11,13H,4-6,8-9H2,1H3,(H,17,20)/t11-,13-/m1/s1. The van der Waals surface area contributed by atoms with Crippen LogP contribution in [0.15, 0.2) is 18.2 Å². The molecule has 0 saturated carbocycles. The maximum absolute atomic E-state index is 12.5. The first-order valence-corrected chi connectivity index (χ1v) is 8.35. The Morgan fingerprint density at radius 2 is 2.33 bits per heavy atom. The van der Waals surface area contributed by atoms with Crippen molar-refractivity contribution < 1.29 is 4.79 Å². The lowest BCUT2D eigenvalue weighted by molar-refractivity contribution is 0.0909. The number of piperidine rings is 1. The topological polar surface area (TPSA) is 45.2 Å². The molecule has 2 bridgehead atoms. The lowest BCUT2D eigenvalue weighted by Crippen LogP contribution is -2.47. The van der Waals surface area contributed by atoms with Gasteiger partial charge in [0.25, 0.3) is 5.91 Å². The van der Waals surface area contributed by atoms with Crippen LogP contribution in [0.4, 0.5) is 0 Å². The Balaban J connectivity index is 1.50. The third kappa shape index (κ3) is 2.45. The Kier molecular flexibility index (Phi) is 3.19. The van der Waals surface area contributed by atoms with Gasteiger partial charge in [-0.1, -0.05) is 6.07 Å². The second-order valence-corrected chi connectivity index (χ2v) is 7.10. The normalized spacial score (nSPS) is 28.0. The van der Waals surface area contributed by atoms with Crippen molar-refractivity contribution in [3.05, 3.63) is 29.5 Å². The number of hydrogen-bond acceptors (Lipinski definition) is 4. The molecule has 21 heavy (non-hydrogen) atoms. The summed E-state index contributed by atoms with van der Waals surface area (Å²) in [4.78, 5) is 14.9. The molecule has 2 aliphatic rings. The van der Waals surface area contributed by atoms with Crippen LogP contribution in [0, 0.1) is 12.8 Å². The summed E-state index contributed by atoms with van der Waals surface area (Å²) in [7, 11) is 0. The number of aryl methyl sites for hydroxylation is 1. The zero-order chi connectivity index (χ0) is 14.4. The molecule has 0 spiro atoms. The highest BCUT2D eigenvalue weighted by Gasteiger charge is 2.32. The minimum absolute atomic E-state index is 0.0513. The molecule has 3 heterocycles. The maximum atomic E-state index is 12.5. The quantitative estimate of drug-likeness (QED) is 0.926. The van der Waals surface area contributed by atoms with Gasteiger partial charge < -0.3 is 10.2 Å². The fraction of sp³-hybridized carbons (Fsp3) is 0.500. The van der Waals surface area contributed by atoms with Crippen molar-refractivity contribution in [1.29, 1.82) is 0 Å². The largest absolute Gasteiger partial charge is 0.348 e. The van der Waals surface area contributed by atoms with E-state index >= 15 is 0 Å². The van der Waals surface area contributed by atoms with Gasteiger partial charge in [-0.3, -0.25) is 4.79 Å². The van der Waals surface area contributed by atoms with E-state index in [9.17, 15) is 4.79 Å². The zero-order valence-electron chi connectivity index (χ0n) is 12.1. The Labute approximate surface area is 128 Å². The summed E-state index contributed by atoms with van der Waals surface area (Å²) in [6, 6.07) is 6.19. The van der Waals surface area contributed by atoms with Crippen LogP contribution in [0.25, 0.3) is 10.1 Å². The minimum atomic E-state index is 0.0513. The highest BCUT2D eigenvalue weighted by atomic mass is 32.1. The fourth-order valence-corrected chi connectivity index (χ4v) is 4.47. The van der Waals surface area contributed by atoms with Gasteiger partial charge in [-0.15, -0.1) is 0 Å². The van der Waals surface area contributed by atoms with Crippen LogP contribution in [0.1, 0.15) is 28.9 Å². The summed E-state index contributed by atoms with van der Waals surface area (Å²) < 4.78 is 5.43. The van der Waals surface area contributed by atoms with Crippen LogP contribution in [-0.4, -0.2) is 40.9 Å². The van der Waals surface area contributed by atoms with E-state index in [2.05, 4.69) is 14.6 Å². The van der Waals surface area contributed by atoms with Crippen LogP contribution in [0.2, 0.25) is 0 Å². The van der Waals surface area contributed by atoms with E-state index < -0.39 is 0 Å². The summed E-state index contributed by atoms with van der Waals surface area (Å²) in [5.41, 5.74) is 1.79. The first-order valence-electron chi connectivity index (χ1n) is 7.58. The molecule has 2 aromatic rings. The summed E-state index contributed by atoms with van der Waals surface area (Å²) in [6.45, 7) is 5.43. The molecule has 2 saturated heterocycles. The van der Waals surface area contributed by atoms with Crippen molar-refractivity contribution in [2.24, 2.45) is 5.92 Å². The van der Waals surface area contributed by atoms with Gasteiger partial charge in [-0.05, 0) is 55.9 Å². The van der Waals surface area contributed by atoms with E-state index in [1.165, 1.54) is 31.0 Å². The van der Waals surface area contributed by atoms with Crippen molar-refractivity contribution in [3.63, 3.8) is 0 Å². The fourth-order valence-electron chi connectivity index (χ4n) is 3.64. The first-order chi connectivity index (χ1) is 10.2. The summed E-state index contributed by atoms with van der Waals surface area (Å²) in [6.07, 6.45) is 2.42. The van der Waals surface area contributed by atoms with E-state index in [4.69, 9.17) is 0 Å². The highest BCUT2D eigenvalue weighted by molar-refractivity contribution is 7.13. The van der Waals surface area contributed by atoms with Crippen LogP contribution in [0.5, 0.6) is 0 Å². The predicted octanol–water partition coefficient (Wildman–Crippen LogP) is 2.43. The van der Waals surface area contributed by atoms with Crippen LogP contribution in [-0.2, 0) is 0 Å². The number of benzene rings is 1. The highest BCUT2D eigenvalue weighted by Crippen LogP contribution is 2.27. The number of amides is 1. The second kappa shape index (κ2) is 5.07. The number of carbonyl (C=O) groups excluding carboxylic acids is 1. The molecular formula is C16H19N3OS. The van der Waals surface area contributed by atoms with E-state index in [0.29, 0.717) is 6.04 Å². The van der Waals surface area contributed by atoms with Crippen LogP contribution >= 0.6 is 11.5 Å². The summed E-state index contributed by atoms with van der Waals surface area (Å²) >= 11 is 1.46. The van der Waals surface area contributed by atoms with E-state index in [-0.39, 0.29) is 5.91 Å². The SMILES string of the molecule is Cc1nsc2cc(C(=O)N[C@@H]3C[C@H]4CCN(C4)C3)ccc12. The Morgan fingerprint density at radius 1 is 1.43 bits per heavy atom. The molecule has 0 aliphatic carbocycles. The molecule has 2 aliphatic heterocycles. The van der Waals surface area contributed by atoms with Gasteiger partial charge in [0.2, 0.25) is 0 Å². The number of rotatable bonds is 2. The van der Waals surface area contributed by atoms with Crippen LogP contribution in [0.3, 0.4) is 0 Å². The molecular weight excluding hydrogens is 282 g/mol. The average molecular weight is 301 g/mol. The predicted molar refractivity (Wildman–Crippen MR) is 84.8 cm³/mol. The number of nitrogens with zero attached hydrogens (tertiary/aromatic N) is 2. The molecule has 3 atom stereocenters. The van der Waals surface area contributed by atoms with Gasteiger partial charge in [0.1, 0.15) is 0 Å². The third-order valence-corrected chi connectivity index (χ3v) is 5.62. The summed E-state index contributed by atoms with van der Waals surface area (Å²) in [5.74, 6) is 0.825. The molecule has 1 amide bonds. The van der Waals surface area contributed by atoms with E-state index in [1.807, 2.05) is 25.1 Å². The first kappa shape index (κ1) is 13.2. The molecule has 2 fully saturated rings. The average Bonchev–Trinajstić information content (AvgIpc) is 3.02. The van der Waals surface area contributed by atoms with Gasteiger partial charge in [0.05, 0.1) is 10.4 Å². The van der Waals surface area contributed by atoms with Crippen molar-refractivity contribution in [2.45, 2.75) is 25.8 Å². The van der Waals surface area contributed by atoms with Gasteiger partial charge in [0.15, 0.2) is 0 Å². The molecule has 5 heteroatoms. The number of hydrogen-bond donors (Lipinski definition) is 1. The van der Waals surface area contributed by atoms with Gasteiger partial charge >= 0.3 is 0 Å². The number of nitrogens with one attached hydrogen (secondary N) is 1. The number of fused-ring (bicyclic) bond motifs is 3. The smallest absolute Gasteiger partial charge is 0.251 e. The lowest BCUT2D eigenvalue weighted by atomic mass is 9.96. The van der Waals surface area contributed by atoms with Gasteiger partial charge in [0, 0.05) is 30.1 Å². The monoisotopic (exact) mass is 301 g/mol. The van der Waals surface area contributed by atoms with Crippen molar-refractivity contribution >= 4 is 27.5 Å². The Bertz CT molecular complexity index is 684. The molecule has 4 rings (SSSR count). The molecule has 1 aromatic heterocycles. The second-order valence-electron chi connectivity index (χ2n) is 6.30. The molecule has 4 nitrogen and oxygen atoms in total. The van der Waals surface area contributed by atoms with Crippen molar-refractivity contribution in [2.75, 3.05) is 19.6 Å². The number of carbonyl (C=O) groups is 1. The Hall–Kier alpha value is -1.46. The van der Waals surface area contributed by atoms with E-state index in [1.54, 1.807) is 0 Å². The molecule has 110 valence electrons. The van der Waals surface area contributed by atoms with Crippen molar-refractivity contribution in [3.8, 4) is 0 Å². The third-order valence-electron chi connectivity index (χ3n) is 4.72. The Morgan fingerprint density at radius 3 is 3.19 bits per heavy atom. The van der Waals surface area contributed by atoms with Crippen LogP contribution < -0.4 is 5.32 Å². The summed E-state index contributed by atoms with van der Waals surface area (Å²) in [5, 5.41) is 4.36. The molecule has 0 radical (unpaired) electrons. The molecule has 1 N–H and O–H groups in total. The lowest BCUT2D eigenvalue weighted by Gasteiger charge is -2.30.